The summed E-state index contributed by atoms with van der Waals surface area (Å²) in [6, 6.07) is 0. The van der Waals surface area contributed by atoms with Crippen molar-refractivity contribution < 1.29 is 9.47 Å². The van der Waals surface area contributed by atoms with Crippen LogP contribution in [0.25, 0.3) is 0 Å². The standard InChI is InChI=1S/C16H34N4O2/c1-14(2)12-22-9-6-18-15(17-5)19-13-16(3,4)20-7-10-21-11-8-20/h14H,6-13H2,1-5H3,(H2,17,18,19). The Balaban J connectivity index is 2.24. The second-order valence-electron chi connectivity index (χ2n) is 6.73. The molecule has 0 spiro atoms. The Bertz CT molecular complexity index is 326. The Morgan fingerprint density at radius 2 is 1.95 bits per heavy atom. The number of nitrogens with zero attached hydrogens (tertiary/aromatic N) is 2. The van der Waals surface area contributed by atoms with Gasteiger partial charge in [0.15, 0.2) is 5.96 Å². The Hall–Kier alpha value is -0.850. The van der Waals surface area contributed by atoms with E-state index in [1.165, 1.54) is 0 Å². The molecule has 1 aliphatic rings. The summed E-state index contributed by atoms with van der Waals surface area (Å²) >= 11 is 0. The molecule has 0 amide bonds. The highest BCUT2D eigenvalue weighted by Crippen LogP contribution is 2.14. The van der Waals surface area contributed by atoms with Gasteiger partial charge >= 0.3 is 0 Å². The van der Waals surface area contributed by atoms with E-state index in [0.717, 1.165) is 52.0 Å². The molecule has 0 aliphatic carbocycles. The van der Waals surface area contributed by atoms with E-state index in [0.29, 0.717) is 12.5 Å². The van der Waals surface area contributed by atoms with E-state index in [1.54, 1.807) is 7.05 Å². The lowest BCUT2D eigenvalue weighted by Gasteiger charge is -2.41. The van der Waals surface area contributed by atoms with Crippen LogP contribution >= 0.6 is 0 Å². The van der Waals surface area contributed by atoms with E-state index in [2.05, 4.69) is 48.2 Å². The molecule has 0 atom stereocenters. The van der Waals surface area contributed by atoms with E-state index in [9.17, 15) is 0 Å². The van der Waals surface area contributed by atoms with Gasteiger partial charge in [-0.05, 0) is 19.8 Å². The van der Waals surface area contributed by atoms with E-state index in [4.69, 9.17) is 9.47 Å². The Labute approximate surface area is 135 Å². The van der Waals surface area contributed by atoms with Gasteiger partial charge in [-0.3, -0.25) is 9.89 Å². The molecule has 0 bridgehead atoms. The van der Waals surface area contributed by atoms with Gasteiger partial charge < -0.3 is 20.1 Å². The van der Waals surface area contributed by atoms with Crippen molar-refractivity contribution in [2.45, 2.75) is 33.2 Å². The topological polar surface area (TPSA) is 58.1 Å². The molecule has 0 aromatic heterocycles. The van der Waals surface area contributed by atoms with E-state index >= 15 is 0 Å². The summed E-state index contributed by atoms with van der Waals surface area (Å²) in [6.07, 6.45) is 0. The third-order valence-corrected chi connectivity index (χ3v) is 3.77. The quantitative estimate of drug-likeness (QED) is 0.397. The summed E-state index contributed by atoms with van der Waals surface area (Å²) in [5, 5.41) is 6.70. The maximum absolute atomic E-state index is 5.56. The molecule has 1 rings (SSSR count). The van der Waals surface area contributed by atoms with Gasteiger partial charge in [0.05, 0.1) is 19.8 Å². The first kappa shape index (κ1) is 19.2. The first-order valence-electron chi connectivity index (χ1n) is 8.31. The van der Waals surface area contributed by atoms with Gasteiger partial charge in [-0.2, -0.15) is 0 Å². The van der Waals surface area contributed by atoms with Gasteiger partial charge in [-0.15, -0.1) is 0 Å². The number of aliphatic imine (C=N–C) groups is 1. The maximum atomic E-state index is 5.56. The number of morpholine rings is 1. The number of ether oxygens (including phenoxy) is 2. The van der Waals surface area contributed by atoms with Gasteiger partial charge in [-0.25, -0.2) is 0 Å². The maximum Gasteiger partial charge on any atom is 0.191 e. The van der Waals surface area contributed by atoms with Crippen molar-refractivity contribution in [3.05, 3.63) is 0 Å². The summed E-state index contributed by atoms with van der Waals surface area (Å²) in [6.45, 7) is 15.6. The number of hydrogen-bond donors (Lipinski definition) is 2. The minimum Gasteiger partial charge on any atom is -0.379 e. The molecule has 0 aromatic rings. The van der Waals surface area contributed by atoms with Crippen LogP contribution in [-0.4, -0.2) is 76.1 Å². The molecule has 6 heteroatoms. The predicted molar refractivity (Wildman–Crippen MR) is 91.5 cm³/mol. The number of guanidine groups is 1. The highest BCUT2D eigenvalue weighted by Gasteiger charge is 2.28. The summed E-state index contributed by atoms with van der Waals surface area (Å²) < 4.78 is 11.0. The fraction of sp³-hybridized carbons (Fsp3) is 0.938. The third-order valence-electron chi connectivity index (χ3n) is 3.77. The van der Waals surface area contributed by atoms with Crippen LogP contribution < -0.4 is 10.6 Å². The second-order valence-corrected chi connectivity index (χ2v) is 6.73. The van der Waals surface area contributed by atoms with Gasteiger partial charge in [-0.1, -0.05) is 13.8 Å². The molecule has 22 heavy (non-hydrogen) atoms. The molecule has 0 saturated carbocycles. The minimum atomic E-state index is 0.0789. The van der Waals surface area contributed by atoms with Gasteiger partial charge in [0.25, 0.3) is 0 Å². The third kappa shape index (κ3) is 7.42. The fourth-order valence-corrected chi connectivity index (χ4v) is 2.36. The molecule has 1 fully saturated rings. The SMILES string of the molecule is CN=C(NCCOCC(C)C)NCC(C)(C)N1CCOCC1. The molecule has 0 radical (unpaired) electrons. The largest absolute Gasteiger partial charge is 0.379 e. The fourth-order valence-electron chi connectivity index (χ4n) is 2.36. The van der Waals surface area contributed by atoms with Crippen LogP contribution in [0.3, 0.4) is 0 Å². The Kier molecular flexibility index (Phi) is 8.75. The van der Waals surface area contributed by atoms with Crippen molar-refractivity contribution in [3.8, 4) is 0 Å². The molecule has 2 N–H and O–H groups in total. The van der Waals surface area contributed by atoms with Gasteiger partial charge in [0, 0.05) is 45.4 Å². The average molecular weight is 314 g/mol. The number of nitrogens with one attached hydrogen (secondary N) is 2. The minimum absolute atomic E-state index is 0.0789. The molecule has 6 nitrogen and oxygen atoms in total. The summed E-state index contributed by atoms with van der Waals surface area (Å²) in [7, 11) is 1.80. The van der Waals surface area contributed by atoms with Gasteiger partial charge in [0.1, 0.15) is 0 Å². The van der Waals surface area contributed by atoms with Crippen molar-refractivity contribution in [1.82, 2.24) is 15.5 Å². The smallest absolute Gasteiger partial charge is 0.191 e. The van der Waals surface area contributed by atoms with Crippen LogP contribution in [0.15, 0.2) is 4.99 Å². The van der Waals surface area contributed by atoms with Crippen molar-refractivity contribution in [2.75, 3.05) is 59.7 Å². The molecule has 0 aromatic carbocycles. The molecular formula is C16H34N4O2. The summed E-state index contributed by atoms with van der Waals surface area (Å²) in [5.74, 6) is 1.40. The van der Waals surface area contributed by atoms with Crippen LogP contribution in [0.1, 0.15) is 27.7 Å². The zero-order valence-corrected chi connectivity index (χ0v) is 14.9. The zero-order valence-electron chi connectivity index (χ0n) is 14.9. The normalized spacial score (nSPS) is 17.8. The number of rotatable bonds is 8. The van der Waals surface area contributed by atoms with E-state index in [-0.39, 0.29) is 5.54 Å². The van der Waals surface area contributed by atoms with Crippen molar-refractivity contribution >= 4 is 5.96 Å². The lowest BCUT2D eigenvalue weighted by molar-refractivity contribution is -0.00834. The first-order valence-corrected chi connectivity index (χ1v) is 8.31. The molecule has 1 heterocycles. The molecule has 0 unspecified atom stereocenters. The Morgan fingerprint density at radius 1 is 1.27 bits per heavy atom. The molecule has 1 saturated heterocycles. The Morgan fingerprint density at radius 3 is 2.55 bits per heavy atom. The van der Waals surface area contributed by atoms with Crippen molar-refractivity contribution in [3.63, 3.8) is 0 Å². The van der Waals surface area contributed by atoms with Crippen molar-refractivity contribution in [2.24, 2.45) is 10.9 Å². The molecule has 1 aliphatic heterocycles. The lowest BCUT2D eigenvalue weighted by atomic mass is 10.0. The highest BCUT2D eigenvalue weighted by molar-refractivity contribution is 5.79. The van der Waals surface area contributed by atoms with Crippen LogP contribution in [-0.2, 0) is 9.47 Å². The monoisotopic (exact) mass is 314 g/mol. The molecule has 130 valence electrons. The summed E-state index contributed by atoms with van der Waals surface area (Å²) in [5.41, 5.74) is 0.0789. The first-order chi connectivity index (χ1) is 10.5. The van der Waals surface area contributed by atoms with Gasteiger partial charge in [0.2, 0.25) is 0 Å². The van der Waals surface area contributed by atoms with Crippen molar-refractivity contribution in [1.29, 1.82) is 0 Å². The average Bonchev–Trinajstić information content (AvgIpc) is 2.50. The predicted octanol–water partition coefficient (Wildman–Crippen LogP) is 0.935. The zero-order chi connectivity index (χ0) is 16.4. The molecular weight excluding hydrogens is 280 g/mol. The lowest BCUT2D eigenvalue weighted by Crippen LogP contribution is -2.56. The second kappa shape index (κ2) is 10.0. The van der Waals surface area contributed by atoms with Crippen LogP contribution in [0.4, 0.5) is 0 Å². The van der Waals surface area contributed by atoms with Crippen LogP contribution in [0.5, 0.6) is 0 Å². The number of hydrogen-bond acceptors (Lipinski definition) is 4. The highest BCUT2D eigenvalue weighted by atomic mass is 16.5. The van der Waals surface area contributed by atoms with E-state index in [1.807, 2.05) is 0 Å². The summed E-state index contributed by atoms with van der Waals surface area (Å²) in [4.78, 5) is 6.73. The van der Waals surface area contributed by atoms with E-state index < -0.39 is 0 Å². The van der Waals surface area contributed by atoms with Crippen LogP contribution in [0.2, 0.25) is 0 Å². The van der Waals surface area contributed by atoms with Crippen LogP contribution in [0, 0.1) is 5.92 Å².